The van der Waals surface area contributed by atoms with Gasteiger partial charge in [0.05, 0.1) is 12.3 Å². The highest BCUT2D eigenvalue weighted by Gasteiger charge is 2.13. The number of hydrogen-bond acceptors (Lipinski definition) is 3. The van der Waals surface area contributed by atoms with Gasteiger partial charge in [-0.1, -0.05) is 13.8 Å². The van der Waals surface area contributed by atoms with Crippen LogP contribution in [0.25, 0.3) is 0 Å². The molecule has 1 fully saturated rings. The molecule has 1 saturated heterocycles. The van der Waals surface area contributed by atoms with Gasteiger partial charge in [-0.3, -0.25) is 5.32 Å². The Morgan fingerprint density at radius 1 is 1.40 bits per heavy atom. The van der Waals surface area contributed by atoms with Crippen molar-refractivity contribution < 1.29 is 5.11 Å². The molecule has 1 rings (SSSR count). The first-order chi connectivity index (χ1) is 4.79. The predicted molar refractivity (Wildman–Crippen MR) is 42.6 cm³/mol. The molecule has 1 heterocycles. The minimum absolute atomic E-state index is 0.110. The van der Waals surface area contributed by atoms with Gasteiger partial charge in [-0.15, -0.1) is 0 Å². The Morgan fingerprint density at radius 2 is 2.00 bits per heavy atom. The van der Waals surface area contributed by atoms with E-state index in [2.05, 4.69) is 5.32 Å². The van der Waals surface area contributed by atoms with Crippen molar-refractivity contribution in [3.05, 3.63) is 0 Å². The summed E-state index contributed by atoms with van der Waals surface area (Å²) < 4.78 is 0. The number of aliphatic hydroxyl groups excluding tert-OH is 1. The fraction of sp³-hybridized carbons (Fsp3) is 1.00. The van der Waals surface area contributed by atoms with Gasteiger partial charge in [0.1, 0.15) is 0 Å². The van der Waals surface area contributed by atoms with Crippen LogP contribution >= 0.6 is 0 Å². The first kappa shape index (κ1) is 9.88. The van der Waals surface area contributed by atoms with Crippen molar-refractivity contribution in [1.29, 1.82) is 0 Å². The number of nitrogens with one attached hydrogen (secondary N) is 1. The average Bonchev–Trinajstić information content (AvgIpc) is 2.00. The standard InChI is InChI=1S/C5H12N2O.C2H6/c6-5-2-1-4(8)3-7-5;1-2/h4-5,7-8H,1-3,6H2;1-2H3. The van der Waals surface area contributed by atoms with Crippen LogP contribution in [0.1, 0.15) is 26.7 Å². The zero-order valence-electron chi connectivity index (χ0n) is 6.80. The second-order valence-electron chi connectivity index (χ2n) is 2.25. The highest BCUT2D eigenvalue weighted by molar-refractivity contribution is 4.71. The van der Waals surface area contributed by atoms with E-state index >= 15 is 0 Å². The third-order valence-electron chi connectivity index (χ3n) is 1.43. The summed E-state index contributed by atoms with van der Waals surface area (Å²) in [5.41, 5.74) is 5.47. The molecule has 0 aromatic carbocycles. The summed E-state index contributed by atoms with van der Waals surface area (Å²) >= 11 is 0. The molecule has 0 bridgehead atoms. The zero-order chi connectivity index (χ0) is 7.98. The summed E-state index contributed by atoms with van der Waals surface area (Å²) in [4.78, 5) is 0. The predicted octanol–water partition coefficient (Wildman–Crippen LogP) is 0.0417. The summed E-state index contributed by atoms with van der Waals surface area (Å²) in [5, 5.41) is 11.9. The van der Waals surface area contributed by atoms with Gasteiger partial charge in [0.25, 0.3) is 0 Å². The summed E-state index contributed by atoms with van der Waals surface area (Å²) in [6.07, 6.45) is 1.67. The Labute approximate surface area is 62.6 Å². The third-order valence-corrected chi connectivity index (χ3v) is 1.43. The summed E-state index contributed by atoms with van der Waals surface area (Å²) in [7, 11) is 0. The molecule has 0 aromatic heterocycles. The van der Waals surface area contributed by atoms with Crippen molar-refractivity contribution in [3.63, 3.8) is 0 Å². The first-order valence-electron chi connectivity index (χ1n) is 3.96. The first-order valence-corrected chi connectivity index (χ1v) is 3.96. The van der Waals surface area contributed by atoms with Crippen LogP contribution in [-0.2, 0) is 0 Å². The maximum absolute atomic E-state index is 8.91. The number of β-amino-alcohol motifs (C(OH)–C–C–N with tert-alkyl or cyclic N) is 1. The van der Waals surface area contributed by atoms with Gasteiger partial charge in [-0.2, -0.15) is 0 Å². The van der Waals surface area contributed by atoms with Gasteiger partial charge in [0.15, 0.2) is 0 Å². The monoisotopic (exact) mass is 146 g/mol. The van der Waals surface area contributed by atoms with E-state index in [4.69, 9.17) is 10.8 Å². The fourth-order valence-electron chi connectivity index (χ4n) is 0.863. The van der Waals surface area contributed by atoms with Gasteiger partial charge in [-0.05, 0) is 12.8 Å². The molecule has 4 N–H and O–H groups in total. The van der Waals surface area contributed by atoms with E-state index in [0.29, 0.717) is 6.54 Å². The van der Waals surface area contributed by atoms with Gasteiger partial charge in [0, 0.05) is 6.54 Å². The van der Waals surface area contributed by atoms with E-state index in [1.165, 1.54) is 0 Å². The number of piperidine rings is 1. The smallest absolute Gasteiger partial charge is 0.0666 e. The molecule has 2 atom stereocenters. The van der Waals surface area contributed by atoms with Gasteiger partial charge in [0.2, 0.25) is 0 Å². The second-order valence-corrected chi connectivity index (χ2v) is 2.25. The maximum atomic E-state index is 8.91. The van der Waals surface area contributed by atoms with Crippen LogP contribution < -0.4 is 11.1 Å². The van der Waals surface area contributed by atoms with Crippen LogP contribution in [0.2, 0.25) is 0 Å². The molecular weight excluding hydrogens is 128 g/mol. The molecule has 0 spiro atoms. The molecule has 62 valence electrons. The SMILES string of the molecule is CC.NC1CCC(O)CN1. The zero-order valence-corrected chi connectivity index (χ0v) is 6.80. The molecule has 0 aliphatic carbocycles. The van der Waals surface area contributed by atoms with Crippen LogP contribution in [0.4, 0.5) is 0 Å². The molecule has 3 nitrogen and oxygen atoms in total. The maximum Gasteiger partial charge on any atom is 0.0666 e. The van der Waals surface area contributed by atoms with Gasteiger partial charge >= 0.3 is 0 Å². The van der Waals surface area contributed by atoms with Crippen LogP contribution in [0.15, 0.2) is 0 Å². The van der Waals surface area contributed by atoms with Crippen LogP contribution in [-0.4, -0.2) is 23.9 Å². The van der Waals surface area contributed by atoms with Crippen LogP contribution in [0, 0.1) is 0 Å². The highest BCUT2D eigenvalue weighted by Crippen LogP contribution is 2.02. The fourth-order valence-corrected chi connectivity index (χ4v) is 0.863. The van der Waals surface area contributed by atoms with Crippen molar-refractivity contribution in [2.75, 3.05) is 6.54 Å². The lowest BCUT2D eigenvalue weighted by Gasteiger charge is -2.23. The molecular formula is C7H18N2O. The van der Waals surface area contributed by atoms with Crippen molar-refractivity contribution in [2.24, 2.45) is 5.73 Å². The van der Waals surface area contributed by atoms with Crippen molar-refractivity contribution in [1.82, 2.24) is 5.32 Å². The second kappa shape index (κ2) is 5.65. The van der Waals surface area contributed by atoms with E-state index < -0.39 is 0 Å². The molecule has 3 heteroatoms. The summed E-state index contributed by atoms with van der Waals surface area (Å²) in [6, 6.07) is 0. The number of hydrogen-bond donors (Lipinski definition) is 3. The van der Waals surface area contributed by atoms with E-state index in [-0.39, 0.29) is 12.3 Å². The summed E-state index contributed by atoms with van der Waals surface area (Å²) in [6.45, 7) is 4.65. The Kier molecular flexibility index (Phi) is 5.58. The topological polar surface area (TPSA) is 58.3 Å². The van der Waals surface area contributed by atoms with E-state index in [1.807, 2.05) is 13.8 Å². The molecule has 10 heavy (non-hydrogen) atoms. The van der Waals surface area contributed by atoms with E-state index in [1.54, 1.807) is 0 Å². The Bertz CT molecular complexity index is 60.0. The molecule has 1 aliphatic rings. The normalized spacial score (nSPS) is 32.4. The van der Waals surface area contributed by atoms with Crippen LogP contribution in [0.5, 0.6) is 0 Å². The number of aliphatic hydroxyl groups is 1. The molecule has 0 radical (unpaired) electrons. The lowest BCUT2D eigenvalue weighted by atomic mass is 10.1. The molecule has 0 amide bonds. The quantitative estimate of drug-likeness (QED) is 0.452. The summed E-state index contributed by atoms with van der Waals surface area (Å²) in [5.74, 6) is 0. The van der Waals surface area contributed by atoms with Crippen LogP contribution in [0.3, 0.4) is 0 Å². The number of rotatable bonds is 0. The Hall–Kier alpha value is -0.120. The average molecular weight is 146 g/mol. The minimum atomic E-state index is -0.171. The molecule has 2 unspecified atom stereocenters. The lowest BCUT2D eigenvalue weighted by molar-refractivity contribution is 0.127. The molecule has 1 aliphatic heterocycles. The number of nitrogens with two attached hydrogens (primary N) is 1. The van der Waals surface area contributed by atoms with Crippen molar-refractivity contribution in [2.45, 2.75) is 39.0 Å². The minimum Gasteiger partial charge on any atom is -0.392 e. The van der Waals surface area contributed by atoms with E-state index in [0.717, 1.165) is 12.8 Å². The van der Waals surface area contributed by atoms with Gasteiger partial charge in [-0.25, -0.2) is 0 Å². The molecule has 0 aromatic rings. The lowest BCUT2D eigenvalue weighted by Crippen LogP contribution is -2.46. The molecule has 0 saturated carbocycles. The van der Waals surface area contributed by atoms with Crippen molar-refractivity contribution in [3.8, 4) is 0 Å². The largest absolute Gasteiger partial charge is 0.392 e. The van der Waals surface area contributed by atoms with Gasteiger partial charge < -0.3 is 10.8 Å². The Morgan fingerprint density at radius 3 is 2.30 bits per heavy atom. The third kappa shape index (κ3) is 3.82. The van der Waals surface area contributed by atoms with Crippen molar-refractivity contribution >= 4 is 0 Å². The Balaban J connectivity index is 0.000000371. The van der Waals surface area contributed by atoms with E-state index in [9.17, 15) is 0 Å². The highest BCUT2D eigenvalue weighted by atomic mass is 16.3.